The van der Waals surface area contributed by atoms with Crippen LogP contribution in [0.5, 0.6) is 0 Å². The fourth-order valence-corrected chi connectivity index (χ4v) is 9.63. The van der Waals surface area contributed by atoms with Crippen LogP contribution in [0.1, 0.15) is 11.1 Å². The normalized spacial score (nSPS) is 12.9. The fraction of sp³-hybridized carbons (Fsp3) is 0.0455. The molecule has 0 bridgehead atoms. The van der Waals surface area contributed by atoms with Crippen LogP contribution in [-0.4, -0.2) is 9.13 Å². The van der Waals surface area contributed by atoms with E-state index in [1.165, 1.54) is 97.4 Å². The molecule has 2 nitrogen and oxygen atoms in total. The number of fused-ring (bicyclic) bond motifs is 6. The minimum absolute atomic E-state index is 1.03. The number of nitrogens with zero attached hydrogens (tertiary/aromatic N) is 2. The molecule has 0 spiro atoms. The minimum atomic E-state index is 1.03. The van der Waals surface area contributed by atoms with E-state index in [2.05, 4.69) is 155 Å². The highest BCUT2D eigenvalue weighted by atomic mass is 32.1. The van der Waals surface area contributed by atoms with Crippen LogP contribution < -0.4 is 0 Å². The topological polar surface area (TPSA) is 9.86 Å². The largest absolute Gasteiger partial charge is 0.309 e. The molecule has 0 fully saturated rings. The molecule has 0 unspecified atom stereocenters. The average molecular weight is 617 g/mol. The minimum Gasteiger partial charge on any atom is -0.309 e. The SMILES string of the molecule is c1ccc(-n2c3cc(-c4cccc5c4sc4ccccc45)cc4c3c3c(cc(-n5c6ccccc6c6ccccc65)cc32)CC4)cc1. The van der Waals surface area contributed by atoms with Gasteiger partial charge in [0.2, 0.25) is 0 Å². The van der Waals surface area contributed by atoms with Gasteiger partial charge in [-0.2, -0.15) is 0 Å². The Labute approximate surface area is 275 Å². The smallest absolute Gasteiger partial charge is 0.0564 e. The molecule has 3 heteroatoms. The maximum atomic E-state index is 2.52. The van der Waals surface area contributed by atoms with Gasteiger partial charge >= 0.3 is 0 Å². The van der Waals surface area contributed by atoms with Crippen LogP contribution >= 0.6 is 11.3 Å². The number of benzene rings is 7. The molecule has 7 aromatic carbocycles. The van der Waals surface area contributed by atoms with E-state index in [9.17, 15) is 0 Å². The van der Waals surface area contributed by atoms with Gasteiger partial charge < -0.3 is 9.13 Å². The first-order valence-electron chi connectivity index (χ1n) is 16.4. The van der Waals surface area contributed by atoms with Gasteiger partial charge in [0, 0.05) is 53.1 Å². The van der Waals surface area contributed by atoms with Crippen LogP contribution in [-0.2, 0) is 12.8 Å². The van der Waals surface area contributed by atoms with Crippen LogP contribution in [0.3, 0.4) is 0 Å². The molecule has 1 aliphatic carbocycles. The monoisotopic (exact) mass is 616 g/mol. The fourth-order valence-electron chi connectivity index (χ4n) is 8.39. The molecule has 0 atom stereocenters. The third-order valence-electron chi connectivity index (χ3n) is 10.3. The molecular formula is C44H28N2S. The zero-order chi connectivity index (χ0) is 30.6. The molecule has 0 N–H and O–H groups in total. The van der Waals surface area contributed by atoms with Crippen molar-refractivity contribution in [3.05, 3.63) is 157 Å². The third kappa shape index (κ3) is 3.49. The Morgan fingerprint density at radius 2 is 1.02 bits per heavy atom. The summed E-state index contributed by atoms with van der Waals surface area (Å²) in [6, 6.07) is 54.1. The van der Waals surface area contributed by atoms with E-state index in [1.54, 1.807) is 0 Å². The molecule has 47 heavy (non-hydrogen) atoms. The lowest BCUT2D eigenvalue weighted by Crippen LogP contribution is -2.02. The molecular weight excluding hydrogens is 589 g/mol. The number of thiophene rings is 1. The number of hydrogen-bond donors (Lipinski definition) is 0. The average Bonchev–Trinajstić information content (AvgIpc) is 3.79. The van der Waals surface area contributed by atoms with E-state index < -0.39 is 0 Å². The molecule has 0 aliphatic heterocycles. The van der Waals surface area contributed by atoms with Crippen LogP contribution in [0.15, 0.2) is 146 Å². The number of para-hydroxylation sites is 3. The van der Waals surface area contributed by atoms with E-state index in [0.717, 1.165) is 12.8 Å². The molecule has 0 radical (unpaired) electrons. The second-order valence-corrected chi connectivity index (χ2v) is 13.9. The first-order valence-corrected chi connectivity index (χ1v) is 17.2. The van der Waals surface area contributed by atoms with Crippen molar-refractivity contribution in [1.29, 1.82) is 0 Å². The highest BCUT2D eigenvalue weighted by Crippen LogP contribution is 2.46. The molecule has 3 aromatic heterocycles. The molecule has 11 rings (SSSR count). The van der Waals surface area contributed by atoms with Gasteiger partial charge in [-0.05, 0) is 83.6 Å². The van der Waals surface area contributed by atoms with Crippen molar-refractivity contribution in [2.45, 2.75) is 12.8 Å². The first-order chi connectivity index (χ1) is 23.3. The number of hydrogen-bond acceptors (Lipinski definition) is 1. The maximum Gasteiger partial charge on any atom is 0.0564 e. The lowest BCUT2D eigenvalue weighted by molar-refractivity contribution is 0.966. The van der Waals surface area contributed by atoms with Gasteiger partial charge in [-0.1, -0.05) is 97.1 Å². The number of aryl methyl sites for hydroxylation is 2. The summed E-state index contributed by atoms with van der Waals surface area (Å²) in [5, 5.41) is 8.09. The third-order valence-corrected chi connectivity index (χ3v) is 11.6. The highest BCUT2D eigenvalue weighted by Gasteiger charge is 2.25. The van der Waals surface area contributed by atoms with Gasteiger partial charge in [-0.3, -0.25) is 0 Å². The van der Waals surface area contributed by atoms with Crippen molar-refractivity contribution in [3.8, 4) is 22.5 Å². The Morgan fingerprint density at radius 3 is 1.79 bits per heavy atom. The summed E-state index contributed by atoms with van der Waals surface area (Å²) in [6.07, 6.45) is 2.06. The molecule has 0 saturated heterocycles. The Hall–Kier alpha value is -5.64. The van der Waals surface area contributed by atoms with Crippen LogP contribution in [0.2, 0.25) is 0 Å². The van der Waals surface area contributed by atoms with Gasteiger partial charge in [0.1, 0.15) is 0 Å². The van der Waals surface area contributed by atoms with Crippen molar-refractivity contribution in [3.63, 3.8) is 0 Å². The van der Waals surface area contributed by atoms with Crippen LogP contribution in [0.25, 0.3) is 86.3 Å². The molecule has 10 aromatic rings. The number of rotatable bonds is 3. The van der Waals surface area contributed by atoms with E-state index in [0.29, 0.717) is 0 Å². The first kappa shape index (κ1) is 25.5. The van der Waals surface area contributed by atoms with E-state index in [1.807, 2.05) is 11.3 Å². The summed E-state index contributed by atoms with van der Waals surface area (Å²) in [6.45, 7) is 0. The lowest BCUT2D eigenvalue weighted by Gasteiger charge is -2.17. The Kier molecular flexibility index (Phi) is 5.13. The Morgan fingerprint density at radius 1 is 0.426 bits per heavy atom. The summed E-state index contributed by atoms with van der Waals surface area (Å²) in [5.41, 5.74) is 13.0. The Bertz CT molecular complexity index is 2850. The summed E-state index contributed by atoms with van der Waals surface area (Å²) in [4.78, 5) is 0. The van der Waals surface area contributed by atoms with E-state index >= 15 is 0 Å². The predicted octanol–water partition coefficient (Wildman–Crippen LogP) is 12.0. The number of aromatic nitrogens is 2. The summed E-state index contributed by atoms with van der Waals surface area (Å²) in [5.74, 6) is 0. The summed E-state index contributed by atoms with van der Waals surface area (Å²) < 4.78 is 7.71. The molecule has 0 saturated carbocycles. The van der Waals surface area contributed by atoms with E-state index in [4.69, 9.17) is 0 Å². The van der Waals surface area contributed by atoms with Crippen molar-refractivity contribution >= 4 is 75.1 Å². The summed E-state index contributed by atoms with van der Waals surface area (Å²) in [7, 11) is 0. The zero-order valence-corrected chi connectivity index (χ0v) is 26.4. The maximum absolute atomic E-state index is 2.52. The molecule has 3 heterocycles. The van der Waals surface area contributed by atoms with Gasteiger partial charge in [-0.25, -0.2) is 0 Å². The highest BCUT2D eigenvalue weighted by molar-refractivity contribution is 7.26. The Balaban J connectivity index is 1.25. The van der Waals surface area contributed by atoms with Crippen molar-refractivity contribution < 1.29 is 0 Å². The van der Waals surface area contributed by atoms with Crippen LogP contribution in [0.4, 0.5) is 0 Å². The van der Waals surface area contributed by atoms with Crippen LogP contribution in [0, 0.1) is 0 Å². The van der Waals surface area contributed by atoms with Gasteiger partial charge in [0.05, 0.1) is 22.1 Å². The quantitative estimate of drug-likeness (QED) is 0.187. The molecule has 220 valence electrons. The standard InChI is InChI=1S/C44H28N2S/c1-2-11-30(12-3-1)45-39-25-29(32-16-10-17-36-35-15-6-9-20-41(35)47-44(32)36)23-27-21-22-28-24-31(26-40(45)43(28)42(27)39)46-37-18-7-4-13-33(37)34-14-5-8-19-38(34)46/h1-20,23-26H,21-22H2. The second kappa shape index (κ2) is 9.45. The van der Waals surface area contributed by atoms with Crippen molar-refractivity contribution in [1.82, 2.24) is 9.13 Å². The lowest BCUT2D eigenvalue weighted by atomic mass is 9.88. The predicted molar refractivity (Wildman–Crippen MR) is 201 cm³/mol. The zero-order valence-electron chi connectivity index (χ0n) is 25.6. The second-order valence-electron chi connectivity index (χ2n) is 12.8. The van der Waals surface area contributed by atoms with Gasteiger partial charge in [-0.15, -0.1) is 11.3 Å². The molecule has 1 aliphatic rings. The molecule has 0 amide bonds. The van der Waals surface area contributed by atoms with Gasteiger partial charge in [0.15, 0.2) is 0 Å². The van der Waals surface area contributed by atoms with Crippen molar-refractivity contribution in [2.75, 3.05) is 0 Å². The van der Waals surface area contributed by atoms with E-state index in [-0.39, 0.29) is 0 Å². The van der Waals surface area contributed by atoms with Crippen molar-refractivity contribution in [2.24, 2.45) is 0 Å². The van der Waals surface area contributed by atoms with Gasteiger partial charge in [0.25, 0.3) is 0 Å². The summed E-state index contributed by atoms with van der Waals surface area (Å²) >= 11 is 1.91.